The van der Waals surface area contributed by atoms with Gasteiger partial charge in [0, 0.05) is 45.0 Å². The molecule has 0 radical (unpaired) electrons. The third kappa shape index (κ3) is 5.63. The highest BCUT2D eigenvalue weighted by Crippen LogP contribution is 2.19. The van der Waals surface area contributed by atoms with E-state index in [-0.39, 0.29) is 0 Å². The average Bonchev–Trinajstić information content (AvgIpc) is 3.15. The van der Waals surface area contributed by atoms with Crippen molar-refractivity contribution in [1.82, 2.24) is 15.5 Å². The molecule has 1 aromatic rings. The van der Waals surface area contributed by atoms with Gasteiger partial charge in [0.1, 0.15) is 0 Å². The maximum atomic E-state index is 4.43. The number of hydrogen-bond donors (Lipinski definition) is 2. The Morgan fingerprint density at radius 1 is 1.15 bits per heavy atom. The van der Waals surface area contributed by atoms with Crippen LogP contribution in [0.15, 0.2) is 35.3 Å². The summed E-state index contributed by atoms with van der Waals surface area (Å²) in [4.78, 5) is 9.49. The Morgan fingerprint density at radius 2 is 1.92 bits per heavy atom. The molecule has 2 saturated heterocycles. The van der Waals surface area contributed by atoms with Gasteiger partial charge in [0.15, 0.2) is 5.96 Å². The van der Waals surface area contributed by atoms with Crippen molar-refractivity contribution in [3.63, 3.8) is 0 Å². The molecule has 2 aliphatic rings. The Hall–Kier alpha value is -1.75. The molecule has 1 aromatic carbocycles. The molecule has 2 unspecified atom stereocenters. The number of nitrogens with zero attached hydrogens (tertiary/aromatic N) is 3. The Bertz CT molecular complexity index is 553. The monoisotopic (exact) mass is 357 g/mol. The summed E-state index contributed by atoms with van der Waals surface area (Å²) in [7, 11) is 1.87. The Kier molecular flexibility index (Phi) is 7.18. The SMILES string of the molecule is CN=C(NCC(C)CN1CCCCC1)NC1CCN(c2ccccc2)C1. The molecule has 0 saturated carbocycles. The predicted octanol–water partition coefficient (Wildman–Crippen LogP) is 2.55. The van der Waals surface area contributed by atoms with Crippen molar-refractivity contribution in [3.8, 4) is 0 Å². The molecule has 2 fully saturated rings. The van der Waals surface area contributed by atoms with Crippen LogP contribution in [-0.4, -0.2) is 63.2 Å². The third-order valence-electron chi connectivity index (χ3n) is 5.51. The summed E-state index contributed by atoms with van der Waals surface area (Å²) in [6, 6.07) is 11.1. The first kappa shape index (κ1) is 19.0. The second-order valence-electron chi connectivity index (χ2n) is 7.83. The fraction of sp³-hybridized carbons (Fsp3) is 0.667. The van der Waals surface area contributed by atoms with E-state index in [0.717, 1.165) is 32.0 Å². The van der Waals surface area contributed by atoms with Crippen LogP contribution in [0.25, 0.3) is 0 Å². The lowest BCUT2D eigenvalue weighted by Gasteiger charge is -2.29. The third-order valence-corrected chi connectivity index (χ3v) is 5.51. The lowest BCUT2D eigenvalue weighted by Crippen LogP contribution is -2.46. The smallest absolute Gasteiger partial charge is 0.191 e. The van der Waals surface area contributed by atoms with Gasteiger partial charge in [-0.3, -0.25) is 4.99 Å². The van der Waals surface area contributed by atoms with E-state index in [9.17, 15) is 0 Å². The lowest BCUT2D eigenvalue weighted by atomic mass is 10.1. The standard InChI is InChI=1S/C21H35N5/c1-18(16-25-12-7-4-8-13-25)15-23-21(22-2)24-19-11-14-26(17-19)20-9-5-3-6-10-20/h3,5-6,9-10,18-19H,4,7-8,11-17H2,1-2H3,(H2,22,23,24). The van der Waals surface area contributed by atoms with Gasteiger partial charge in [-0.2, -0.15) is 0 Å². The first-order valence-electron chi connectivity index (χ1n) is 10.2. The highest BCUT2D eigenvalue weighted by atomic mass is 15.2. The van der Waals surface area contributed by atoms with Crippen molar-refractivity contribution >= 4 is 11.6 Å². The van der Waals surface area contributed by atoms with E-state index < -0.39 is 0 Å². The minimum absolute atomic E-state index is 0.457. The first-order chi connectivity index (χ1) is 12.7. The highest BCUT2D eigenvalue weighted by Gasteiger charge is 2.23. The van der Waals surface area contributed by atoms with E-state index in [1.807, 2.05) is 7.05 Å². The second kappa shape index (κ2) is 9.81. The molecule has 5 heteroatoms. The number of nitrogens with one attached hydrogen (secondary N) is 2. The van der Waals surface area contributed by atoms with E-state index in [1.165, 1.54) is 44.6 Å². The molecule has 2 aliphatic heterocycles. The minimum Gasteiger partial charge on any atom is -0.369 e. The molecule has 0 spiro atoms. The molecule has 2 atom stereocenters. The van der Waals surface area contributed by atoms with Crippen LogP contribution in [0.3, 0.4) is 0 Å². The fourth-order valence-corrected chi connectivity index (χ4v) is 4.06. The van der Waals surface area contributed by atoms with Gasteiger partial charge in [0.2, 0.25) is 0 Å². The summed E-state index contributed by atoms with van der Waals surface area (Å²) in [5.41, 5.74) is 1.31. The number of benzene rings is 1. The topological polar surface area (TPSA) is 42.9 Å². The van der Waals surface area contributed by atoms with Gasteiger partial charge in [-0.05, 0) is 50.4 Å². The van der Waals surface area contributed by atoms with Crippen LogP contribution >= 0.6 is 0 Å². The molecular formula is C21H35N5. The van der Waals surface area contributed by atoms with Crippen LogP contribution in [-0.2, 0) is 0 Å². The van der Waals surface area contributed by atoms with Crippen LogP contribution in [0.1, 0.15) is 32.6 Å². The molecule has 2 N–H and O–H groups in total. The summed E-state index contributed by atoms with van der Waals surface area (Å²) >= 11 is 0. The predicted molar refractivity (Wildman–Crippen MR) is 111 cm³/mol. The van der Waals surface area contributed by atoms with Crippen LogP contribution in [0.5, 0.6) is 0 Å². The lowest BCUT2D eigenvalue weighted by molar-refractivity contribution is 0.201. The van der Waals surface area contributed by atoms with Gasteiger partial charge in [-0.1, -0.05) is 31.5 Å². The van der Waals surface area contributed by atoms with Crippen LogP contribution in [0.2, 0.25) is 0 Å². The summed E-state index contributed by atoms with van der Waals surface area (Å²) in [6.07, 6.45) is 5.28. The van der Waals surface area contributed by atoms with Crippen molar-refractivity contribution in [1.29, 1.82) is 0 Å². The fourth-order valence-electron chi connectivity index (χ4n) is 4.06. The quantitative estimate of drug-likeness (QED) is 0.607. The van der Waals surface area contributed by atoms with Gasteiger partial charge in [0.25, 0.3) is 0 Å². The zero-order chi connectivity index (χ0) is 18.2. The van der Waals surface area contributed by atoms with Crippen molar-refractivity contribution in [2.24, 2.45) is 10.9 Å². The van der Waals surface area contributed by atoms with Crippen molar-refractivity contribution in [2.45, 2.75) is 38.6 Å². The molecule has 2 heterocycles. The molecule has 144 valence electrons. The molecule has 0 aliphatic carbocycles. The second-order valence-corrected chi connectivity index (χ2v) is 7.83. The Labute approximate surface area is 158 Å². The molecule has 0 aromatic heterocycles. The van der Waals surface area contributed by atoms with E-state index in [2.05, 4.69) is 62.7 Å². The number of aliphatic imine (C=N–C) groups is 1. The first-order valence-corrected chi connectivity index (χ1v) is 10.2. The molecule has 5 nitrogen and oxygen atoms in total. The summed E-state index contributed by atoms with van der Waals surface area (Å²) in [6.45, 7) is 9.18. The molecule has 0 amide bonds. The minimum atomic E-state index is 0.457. The summed E-state index contributed by atoms with van der Waals surface area (Å²) in [5, 5.41) is 7.14. The van der Waals surface area contributed by atoms with Gasteiger partial charge < -0.3 is 20.4 Å². The van der Waals surface area contributed by atoms with Crippen molar-refractivity contribution in [3.05, 3.63) is 30.3 Å². The molecular weight excluding hydrogens is 322 g/mol. The number of para-hydroxylation sites is 1. The largest absolute Gasteiger partial charge is 0.369 e. The van der Waals surface area contributed by atoms with Crippen LogP contribution in [0, 0.1) is 5.92 Å². The number of guanidine groups is 1. The van der Waals surface area contributed by atoms with Crippen molar-refractivity contribution < 1.29 is 0 Å². The number of piperidine rings is 1. The van der Waals surface area contributed by atoms with Crippen molar-refractivity contribution in [2.75, 3.05) is 51.2 Å². The average molecular weight is 358 g/mol. The van der Waals surface area contributed by atoms with E-state index in [0.29, 0.717) is 12.0 Å². The zero-order valence-corrected chi connectivity index (χ0v) is 16.5. The Morgan fingerprint density at radius 3 is 2.65 bits per heavy atom. The normalized spacial score (nSPS) is 23.1. The van der Waals surface area contributed by atoms with Crippen LogP contribution < -0.4 is 15.5 Å². The highest BCUT2D eigenvalue weighted by molar-refractivity contribution is 5.80. The maximum absolute atomic E-state index is 4.43. The van der Waals surface area contributed by atoms with Crippen LogP contribution in [0.4, 0.5) is 5.69 Å². The van der Waals surface area contributed by atoms with Gasteiger partial charge in [0.05, 0.1) is 0 Å². The van der Waals surface area contributed by atoms with Gasteiger partial charge >= 0.3 is 0 Å². The number of likely N-dealkylation sites (tertiary alicyclic amines) is 1. The molecule has 26 heavy (non-hydrogen) atoms. The van der Waals surface area contributed by atoms with E-state index in [4.69, 9.17) is 0 Å². The molecule has 3 rings (SSSR count). The zero-order valence-electron chi connectivity index (χ0n) is 16.5. The Balaban J connectivity index is 1.39. The number of hydrogen-bond acceptors (Lipinski definition) is 3. The van der Waals surface area contributed by atoms with Gasteiger partial charge in [-0.15, -0.1) is 0 Å². The maximum Gasteiger partial charge on any atom is 0.191 e. The summed E-state index contributed by atoms with van der Waals surface area (Å²) < 4.78 is 0. The van der Waals surface area contributed by atoms with E-state index in [1.54, 1.807) is 0 Å². The molecule has 0 bridgehead atoms. The van der Waals surface area contributed by atoms with E-state index >= 15 is 0 Å². The summed E-state index contributed by atoms with van der Waals surface area (Å²) in [5.74, 6) is 1.58. The number of anilines is 1. The van der Waals surface area contributed by atoms with Gasteiger partial charge in [-0.25, -0.2) is 0 Å². The number of rotatable bonds is 6.